The van der Waals surface area contributed by atoms with Crippen LogP contribution in [0.5, 0.6) is 5.75 Å². The van der Waals surface area contributed by atoms with Gasteiger partial charge in [0.2, 0.25) is 11.7 Å². The number of aromatic hydroxyl groups is 1. The van der Waals surface area contributed by atoms with E-state index in [0.29, 0.717) is 6.07 Å². The molecule has 4 rings (SSSR count). The Morgan fingerprint density at radius 3 is 2.36 bits per heavy atom. The second-order valence-electron chi connectivity index (χ2n) is 7.79. The number of fused-ring (bicyclic) bond motifs is 1. The van der Waals surface area contributed by atoms with Gasteiger partial charge in [-0.15, -0.1) is 0 Å². The molecule has 0 saturated carbocycles. The fraction of sp³-hybridized carbons (Fsp3) is 0.227. The van der Waals surface area contributed by atoms with Gasteiger partial charge in [0.15, 0.2) is 5.82 Å². The lowest BCUT2D eigenvalue weighted by Crippen LogP contribution is -2.48. The van der Waals surface area contributed by atoms with Crippen molar-refractivity contribution in [1.29, 1.82) is 0 Å². The summed E-state index contributed by atoms with van der Waals surface area (Å²) in [5, 5.41) is 9.73. The van der Waals surface area contributed by atoms with E-state index in [1.54, 1.807) is 0 Å². The number of pyridine rings is 1. The van der Waals surface area contributed by atoms with Crippen LogP contribution in [-0.2, 0) is 11.0 Å². The zero-order valence-electron chi connectivity index (χ0n) is 18.4. The molecule has 0 unspecified atom stereocenters. The van der Waals surface area contributed by atoms with Crippen LogP contribution in [0.4, 0.5) is 23.4 Å². The molecule has 1 aliphatic rings. The Morgan fingerprint density at radius 2 is 1.81 bits per heavy atom. The summed E-state index contributed by atoms with van der Waals surface area (Å²) in [5.41, 5.74) is 0.565. The molecule has 36 heavy (non-hydrogen) atoms. The van der Waals surface area contributed by atoms with Gasteiger partial charge in [0.05, 0.1) is 5.39 Å². The van der Waals surface area contributed by atoms with Crippen molar-refractivity contribution in [2.24, 2.45) is 5.73 Å². The molecule has 2 aromatic heterocycles. The number of phenols is 1. The molecule has 1 aromatic carbocycles. The normalized spacial score (nSPS) is 14.2. The number of phenolic OH excluding ortho intramolecular Hbond substituents is 1. The number of hydrogen-bond donors (Lipinski definition) is 2. The third-order valence-electron chi connectivity index (χ3n) is 5.62. The largest absolute Gasteiger partial charge is 0.506 e. The molecule has 0 bridgehead atoms. The van der Waals surface area contributed by atoms with Gasteiger partial charge in [-0.1, -0.05) is 12.6 Å². The van der Waals surface area contributed by atoms with Crippen molar-refractivity contribution in [2.75, 3.05) is 31.1 Å². The fourth-order valence-electron chi connectivity index (χ4n) is 3.94. The van der Waals surface area contributed by atoms with Gasteiger partial charge in [0.25, 0.3) is 11.5 Å². The first-order chi connectivity index (χ1) is 16.9. The summed E-state index contributed by atoms with van der Waals surface area (Å²) in [7, 11) is 0. The average molecular weight is 506 g/mol. The molecule has 3 heterocycles. The van der Waals surface area contributed by atoms with E-state index in [4.69, 9.17) is 5.73 Å². The van der Waals surface area contributed by atoms with Crippen molar-refractivity contribution in [3.63, 3.8) is 0 Å². The third kappa shape index (κ3) is 4.21. The van der Waals surface area contributed by atoms with Gasteiger partial charge in [0, 0.05) is 26.2 Å². The van der Waals surface area contributed by atoms with Crippen molar-refractivity contribution in [1.82, 2.24) is 19.4 Å². The van der Waals surface area contributed by atoms with Crippen molar-refractivity contribution >= 4 is 28.5 Å². The minimum absolute atomic E-state index is 0.0464. The quantitative estimate of drug-likeness (QED) is 0.405. The van der Waals surface area contributed by atoms with Gasteiger partial charge in [-0.2, -0.15) is 13.2 Å². The molecule has 188 valence electrons. The van der Waals surface area contributed by atoms with Crippen LogP contribution in [0.15, 0.2) is 41.7 Å². The first-order valence-electron chi connectivity index (χ1n) is 10.4. The van der Waals surface area contributed by atoms with Gasteiger partial charge in [-0.3, -0.25) is 19.0 Å². The lowest BCUT2D eigenvalue weighted by atomic mass is 10.1. The predicted octanol–water partition coefficient (Wildman–Crippen LogP) is 1.58. The Hall–Kier alpha value is -4.49. The number of hydrogen-bond acceptors (Lipinski definition) is 7. The van der Waals surface area contributed by atoms with Crippen LogP contribution in [0.2, 0.25) is 0 Å². The minimum atomic E-state index is -5.17. The van der Waals surface area contributed by atoms with Gasteiger partial charge in [0.1, 0.15) is 28.5 Å². The van der Waals surface area contributed by atoms with E-state index in [1.165, 1.54) is 9.80 Å². The Balaban J connectivity index is 2.02. The van der Waals surface area contributed by atoms with Crippen LogP contribution in [0.1, 0.15) is 16.3 Å². The zero-order valence-corrected chi connectivity index (χ0v) is 18.4. The number of nitrogens with zero attached hydrogens (tertiary/aromatic N) is 5. The summed E-state index contributed by atoms with van der Waals surface area (Å²) >= 11 is 0. The number of aromatic nitrogens is 3. The molecule has 14 heteroatoms. The van der Waals surface area contributed by atoms with Crippen LogP contribution >= 0.6 is 0 Å². The number of primary amides is 1. The SMILES string of the molecule is C=CC(=O)N1CCN(c2nc(C(N)=O)nc3c(=O)n(-c4c(O)cccc4F)c(C(F)(F)F)cc23)CC1. The molecule has 10 nitrogen and oxygen atoms in total. The predicted molar refractivity (Wildman–Crippen MR) is 119 cm³/mol. The van der Waals surface area contributed by atoms with Gasteiger partial charge >= 0.3 is 6.18 Å². The maximum Gasteiger partial charge on any atom is 0.431 e. The molecule has 0 aliphatic carbocycles. The molecule has 3 aromatic rings. The Morgan fingerprint density at radius 1 is 1.14 bits per heavy atom. The maximum absolute atomic E-state index is 14.6. The van der Waals surface area contributed by atoms with E-state index in [9.17, 15) is 37.1 Å². The van der Waals surface area contributed by atoms with Crippen LogP contribution in [-0.4, -0.2) is 62.5 Å². The number of nitrogens with two attached hydrogens (primary N) is 1. The van der Waals surface area contributed by atoms with Crippen LogP contribution in [0.3, 0.4) is 0 Å². The van der Waals surface area contributed by atoms with E-state index in [-0.39, 0.29) is 47.9 Å². The highest BCUT2D eigenvalue weighted by Gasteiger charge is 2.38. The van der Waals surface area contributed by atoms with Gasteiger partial charge in [-0.05, 0) is 24.3 Å². The molecule has 0 radical (unpaired) electrons. The smallest absolute Gasteiger partial charge is 0.431 e. The topological polar surface area (TPSA) is 135 Å². The number of rotatable bonds is 4. The standard InChI is InChI=1S/C22H18F4N6O4/c1-2-15(34)30-6-8-31(9-7-30)20-11-10-14(22(24,25)26)32(17-12(23)4-3-5-13(17)33)21(36)16(11)28-19(29-20)18(27)35/h2-5,10,33H,1,6-9H2,(H2,27,35). The summed E-state index contributed by atoms with van der Waals surface area (Å²) in [6.07, 6.45) is -4.05. The number of para-hydroxylation sites is 1. The minimum Gasteiger partial charge on any atom is -0.506 e. The highest BCUT2D eigenvalue weighted by atomic mass is 19.4. The second-order valence-corrected chi connectivity index (χ2v) is 7.79. The Kier molecular flexibility index (Phi) is 6.12. The van der Waals surface area contributed by atoms with Crippen LogP contribution < -0.4 is 16.2 Å². The molecule has 1 saturated heterocycles. The van der Waals surface area contributed by atoms with E-state index in [0.717, 1.165) is 24.3 Å². The third-order valence-corrected chi connectivity index (χ3v) is 5.62. The second kappa shape index (κ2) is 8.94. The van der Waals surface area contributed by atoms with Crippen molar-refractivity contribution in [3.05, 3.63) is 64.6 Å². The first kappa shape index (κ1) is 24.6. The van der Waals surface area contributed by atoms with Crippen molar-refractivity contribution < 1.29 is 32.3 Å². The number of piperazine rings is 1. The monoisotopic (exact) mass is 506 g/mol. The van der Waals surface area contributed by atoms with E-state index < -0.39 is 51.9 Å². The van der Waals surface area contributed by atoms with E-state index in [1.807, 2.05) is 0 Å². The molecule has 1 fully saturated rings. The first-order valence-corrected chi connectivity index (χ1v) is 10.4. The fourth-order valence-corrected chi connectivity index (χ4v) is 3.94. The number of anilines is 1. The van der Waals surface area contributed by atoms with Gasteiger partial charge in [-0.25, -0.2) is 14.4 Å². The average Bonchev–Trinajstić information content (AvgIpc) is 2.83. The molecule has 0 atom stereocenters. The summed E-state index contributed by atoms with van der Waals surface area (Å²) in [6, 6.07) is 3.29. The summed E-state index contributed by atoms with van der Waals surface area (Å²) in [4.78, 5) is 47.8. The molecule has 3 N–H and O–H groups in total. The van der Waals surface area contributed by atoms with E-state index in [2.05, 4.69) is 16.5 Å². The number of alkyl halides is 3. The Labute approximate surface area is 199 Å². The number of amides is 2. The maximum atomic E-state index is 14.6. The summed E-state index contributed by atoms with van der Waals surface area (Å²) in [5.74, 6) is -4.55. The van der Waals surface area contributed by atoms with Crippen LogP contribution in [0.25, 0.3) is 16.6 Å². The lowest BCUT2D eigenvalue weighted by molar-refractivity contribution is -0.142. The van der Waals surface area contributed by atoms with Crippen molar-refractivity contribution in [2.45, 2.75) is 6.18 Å². The summed E-state index contributed by atoms with van der Waals surface area (Å²) in [6.45, 7) is 3.93. The number of benzene rings is 1. The Bertz CT molecular complexity index is 1440. The number of halogens is 4. The molecule has 1 aliphatic heterocycles. The number of carbonyl (C=O) groups is 2. The number of carbonyl (C=O) groups excluding carboxylic acids is 2. The highest BCUT2D eigenvalue weighted by molar-refractivity contribution is 5.96. The molecule has 0 spiro atoms. The molecule has 2 amide bonds. The zero-order chi connectivity index (χ0) is 26.4. The molecular formula is C22H18F4N6O4. The molecular weight excluding hydrogens is 488 g/mol. The van der Waals surface area contributed by atoms with E-state index >= 15 is 0 Å². The van der Waals surface area contributed by atoms with Crippen LogP contribution in [0, 0.1) is 5.82 Å². The lowest BCUT2D eigenvalue weighted by Gasteiger charge is -2.35. The van der Waals surface area contributed by atoms with Crippen molar-refractivity contribution in [3.8, 4) is 11.4 Å². The summed E-state index contributed by atoms with van der Waals surface area (Å²) < 4.78 is 56.9. The van der Waals surface area contributed by atoms with Gasteiger partial charge < -0.3 is 20.6 Å². The highest BCUT2D eigenvalue weighted by Crippen LogP contribution is 2.36.